The maximum Gasteiger partial charge on any atom is 0.244 e. The first-order valence-corrected chi connectivity index (χ1v) is 7.55. The second-order valence-corrected chi connectivity index (χ2v) is 5.53. The summed E-state index contributed by atoms with van der Waals surface area (Å²) in [6.07, 6.45) is 3.15. The van der Waals surface area contributed by atoms with Gasteiger partial charge in [0, 0.05) is 11.1 Å². The molecule has 7 heteroatoms. The Labute approximate surface area is 143 Å². The Kier molecular flexibility index (Phi) is 3.43. The zero-order valence-electron chi connectivity index (χ0n) is 13.3. The minimum Gasteiger partial charge on any atom is -0.497 e. The van der Waals surface area contributed by atoms with Gasteiger partial charge in [0.25, 0.3) is 0 Å². The Bertz CT molecular complexity index is 979. The summed E-state index contributed by atoms with van der Waals surface area (Å²) in [5.74, 6) is 0.743. The van der Waals surface area contributed by atoms with Crippen molar-refractivity contribution >= 4 is 0 Å². The van der Waals surface area contributed by atoms with Crippen LogP contribution in [0, 0.1) is 11.3 Å². The van der Waals surface area contributed by atoms with E-state index in [2.05, 4.69) is 16.3 Å². The van der Waals surface area contributed by atoms with Crippen LogP contribution in [-0.4, -0.2) is 17.3 Å². The number of fused-ring (bicyclic) bond motifs is 1. The molecule has 0 saturated heterocycles. The fourth-order valence-electron chi connectivity index (χ4n) is 3.00. The summed E-state index contributed by atoms with van der Waals surface area (Å²) in [5.41, 5.74) is 9.44. The van der Waals surface area contributed by atoms with Crippen molar-refractivity contribution in [1.82, 2.24) is 10.2 Å². The SMILES string of the molecule is COc1ccc(-c2[nH]nc3c2C(c2ccoc2)C(C#N)=C(N)O3)cc1. The van der Waals surface area contributed by atoms with Gasteiger partial charge in [-0.15, -0.1) is 5.10 Å². The van der Waals surface area contributed by atoms with Crippen LogP contribution in [-0.2, 0) is 0 Å². The Balaban J connectivity index is 1.90. The first kappa shape index (κ1) is 14.9. The molecule has 4 rings (SSSR count). The van der Waals surface area contributed by atoms with Crippen molar-refractivity contribution in [3.63, 3.8) is 0 Å². The summed E-state index contributed by atoms with van der Waals surface area (Å²) in [6, 6.07) is 11.5. The number of hydrogen-bond acceptors (Lipinski definition) is 6. The average molecular weight is 334 g/mol. The van der Waals surface area contributed by atoms with Crippen molar-refractivity contribution in [2.75, 3.05) is 7.11 Å². The van der Waals surface area contributed by atoms with Gasteiger partial charge < -0.3 is 19.6 Å². The lowest BCUT2D eigenvalue weighted by molar-refractivity contribution is 0.378. The molecule has 0 fully saturated rings. The van der Waals surface area contributed by atoms with Crippen LogP contribution in [0.4, 0.5) is 0 Å². The summed E-state index contributed by atoms with van der Waals surface area (Å²) in [5, 5.41) is 16.8. The first-order chi connectivity index (χ1) is 12.2. The molecule has 3 heterocycles. The molecule has 0 aliphatic carbocycles. The third kappa shape index (κ3) is 2.32. The molecule has 0 spiro atoms. The smallest absolute Gasteiger partial charge is 0.244 e. The standard InChI is InChI=1S/C18H14N4O3/c1-23-12-4-2-10(3-5-12)16-15-14(11-6-7-24-9-11)13(8-19)17(20)25-18(15)22-21-16/h2-7,9,14H,20H2,1H3,(H,21,22). The van der Waals surface area contributed by atoms with Gasteiger partial charge in [-0.25, -0.2) is 0 Å². The van der Waals surface area contributed by atoms with Crippen LogP contribution in [0.2, 0.25) is 0 Å². The summed E-state index contributed by atoms with van der Waals surface area (Å²) >= 11 is 0. The maximum atomic E-state index is 9.58. The monoisotopic (exact) mass is 334 g/mol. The van der Waals surface area contributed by atoms with Crippen molar-refractivity contribution in [2.45, 2.75) is 5.92 Å². The molecule has 3 N–H and O–H groups in total. The molecule has 1 atom stereocenters. The topological polar surface area (TPSA) is 110 Å². The van der Waals surface area contributed by atoms with Crippen LogP contribution in [0.1, 0.15) is 17.0 Å². The van der Waals surface area contributed by atoms with E-state index < -0.39 is 5.92 Å². The minimum absolute atomic E-state index is 0.0500. The van der Waals surface area contributed by atoms with E-state index in [0.717, 1.165) is 28.1 Å². The molecule has 0 saturated carbocycles. The van der Waals surface area contributed by atoms with Crippen molar-refractivity contribution in [1.29, 1.82) is 5.26 Å². The molecule has 0 radical (unpaired) electrons. The molecule has 0 bridgehead atoms. The van der Waals surface area contributed by atoms with E-state index in [0.29, 0.717) is 11.5 Å². The van der Waals surface area contributed by atoms with Crippen molar-refractivity contribution in [2.24, 2.45) is 5.73 Å². The molecular formula is C18H14N4O3. The Morgan fingerprint density at radius 2 is 2.08 bits per heavy atom. The van der Waals surface area contributed by atoms with Crippen molar-refractivity contribution in [3.8, 4) is 29.0 Å². The molecule has 7 nitrogen and oxygen atoms in total. The zero-order chi connectivity index (χ0) is 17.4. The molecule has 1 unspecified atom stereocenters. The van der Waals surface area contributed by atoms with E-state index in [9.17, 15) is 5.26 Å². The summed E-state index contributed by atoms with van der Waals surface area (Å²) in [7, 11) is 1.61. The quantitative estimate of drug-likeness (QED) is 0.762. The third-order valence-electron chi connectivity index (χ3n) is 4.19. The molecular weight excluding hydrogens is 320 g/mol. The number of rotatable bonds is 3. The highest BCUT2D eigenvalue weighted by molar-refractivity contribution is 5.71. The number of allylic oxidation sites excluding steroid dienone is 1. The van der Waals surface area contributed by atoms with E-state index in [4.69, 9.17) is 19.6 Å². The minimum atomic E-state index is -0.414. The number of ether oxygens (including phenoxy) is 2. The second-order valence-electron chi connectivity index (χ2n) is 5.53. The lowest BCUT2D eigenvalue weighted by Gasteiger charge is -2.22. The van der Waals surface area contributed by atoms with Crippen LogP contribution in [0.3, 0.4) is 0 Å². The normalized spacial score (nSPS) is 16.1. The summed E-state index contributed by atoms with van der Waals surface area (Å²) < 4.78 is 15.9. The Morgan fingerprint density at radius 3 is 2.72 bits per heavy atom. The van der Waals surface area contributed by atoms with E-state index >= 15 is 0 Å². The van der Waals surface area contributed by atoms with Crippen LogP contribution < -0.4 is 15.2 Å². The van der Waals surface area contributed by atoms with E-state index in [-0.39, 0.29) is 5.88 Å². The van der Waals surface area contributed by atoms with Crippen LogP contribution in [0.25, 0.3) is 11.3 Å². The number of aromatic nitrogens is 2. The lowest BCUT2D eigenvalue weighted by atomic mass is 9.84. The molecule has 1 aromatic carbocycles. The number of nitrogens with one attached hydrogen (secondary N) is 1. The van der Waals surface area contributed by atoms with E-state index in [1.165, 1.54) is 0 Å². The van der Waals surface area contributed by atoms with Gasteiger partial charge in [0.2, 0.25) is 11.8 Å². The fourth-order valence-corrected chi connectivity index (χ4v) is 3.00. The highest BCUT2D eigenvalue weighted by Gasteiger charge is 2.36. The third-order valence-corrected chi connectivity index (χ3v) is 4.19. The number of benzene rings is 1. The van der Waals surface area contributed by atoms with E-state index in [1.807, 2.05) is 24.3 Å². The number of furan rings is 1. The lowest BCUT2D eigenvalue weighted by Crippen LogP contribution is -2.20. The van der Waals surface area contributed by atoms with Gasteiger partial charge >= 0.3 is 0 Å². The first-order valence-electron chi connectivity index (χ1n) is 7.55. The Morgan fingerprint density at radius 1 is 1.28 bits per heavy atom. The highest BCUT2D eigenvalue weighted by atomic mass is 16.5. The van der Waals surface area contributed by atoms with Crippen molar-refractivity contribution in [3.05, 3.63) is 65.4 Å². The van der Waals surface area contributed by atoms with Gasteiger partial charge in [0.05, 0.1) is 36.8 Å². The van der Waals surface area contributed by atoms with Gasteiger partial charge in [0.15, 0.2) is 0 Å². The van der Waals surface area contributed by atoms with E-state index in [1.54, 1.807) is 25.7 Å². The molecule has 0 amide bonds. The second kappa shape index (κ2) is 5.76. The number of H-pyrrole nitrogens is 1. The van der Waals surface area contributed by atoms with Crippen LogP contribution >= 0.6 is 0 Å². The molecule has 1 aliphatic rings. The highest BCUT2D eigenvalue weighted by Crippen LogP contribution is 2.45. The molecule has 1 aliphatic heterocycles. The number of nitriles is 1. The predicted molar refractivity (Wildman–Crippen MR) is 88.6 cm³/mol. The molecule has 3 aromatic rings. The van der Waals surface area contributed by atoms with Crippen molar-refractivity contribution < 1.29 is 13.9 Å². The Hall–Kier alpha value is -3.66. The number of nitrogens with two attached hydrogens (primary N) is 1. The molecule has 2 aromatic heterocycles. The van der Waals surface area contributed by atoms with Gasteiger partial charge in [0.1, 0.15) is 17.4 Å². The van der Waals surface area contributed by atoms with Gasteiger partial charge in [-0.05, 0) is 30.3 Å². The largest absolute Gasteiger partial charge is 0.497 e. The summed E-state index contributed by atoms with van der Waals surface area (Å²) in [6.45, 7) is 0. The fraction of sp³-hybridized carbons (Fsp3) is 0.111. The number of nitrogens with zero attached hydrogens (tertiary/aromatic N) is 2. The predicted octanol–water partition coefficient (Wildman–Crippen LogP) is 2.90. The molecule has 124 valence electrons. The number of hydrogen-bond donors (Lipinski definition) is 2. The number of aromatic amines is 1. The summed E-state index contributed by atoms with van der Waals surface area (Å²) in [4.78, 5) is 0. The van der Waals surface area contributed by atoms with Crippen LogP contribution in [0.5, 0.6) is 11.6 Å². The van der Waals surface area contributed by atoms with Gasteiger partial charge in [-0.2, -0.15) is 5.26 Å². The van der Waals surface area contributed by atoms with Crippen LogP contribution in [0.15, 0.2) is 58.7 Å². The van der Waals surface area contributed by atoms with Gasteiger partial charge in [-0.1, -0.05) is 0 Å². The zero-order valence-corrected chi connectivity index (χ0v) is 13.3. The number of methoxy groups -OCH3 is 1. The van der Waals surface area contributed by atoms with Gasteiger partial charge in [-0.3, -0.25) is 5.10 Å². The average Bonchev–Trinajstić information content (AvgIpc) is 3.30. The maximum absolute atomic E-state index is 9.58. The molecule has 25 heavy (non-hydrogen) atoms.